The maximum absolute atomic E-state index is 12.2. The van der Waals surface area contributed by atoms with Gasteiger partial charge in [-0.1, -0.05) is 47.6 Å². The van der Waals surface area contributed by atoms with E-state index in [4.69, 9.17) is 0 Å². The molecule has 0 aliphatic carbocycles. The van der Waals surface area contributed by atoms with Crippen molar-refractivity contribution < 1.29 is 4.79 Å². The molecule has 0 aromatic heterocycles. The highest BCUT2D eigenvalue weighted by molar-refractivity contribution is 5.96. The van der Waals surface area contributed by atoms with Gasteiger partial charge in [0.25, 0.3) is 5.91 Å². The first kappa shape index (κ1) is 14.7. The van der Waals surface area contributed by atoms with E-state index in [1.807, 2.05) is 6.08 Å². The first-order chi connectivity index (χ1) is 8.34. The smallest absolute Gasteiger partial charge is 0.251 e. The summed E-state index contributed by atoms with van der Waals surface area (Å²) in [6.45, 7) is 12.8. The lowest BCUT2D eigenvalue weighted by Crippen LogP contribution is -2.25. The molecule has 0 aromatic carbocycles. The van der Waals surface area contributed by atoms with Crippen molar-refractivity contribution >= 4 is 5.91 Å². The molecular formula is C16H25NO. The molecule has 0 aromatic rings. The van der Waals surface area contributed by atoms with Crippen LogP contribution >= 0.6 is 0 Å². The number of nitrogens with one attached hydrogen (secondary N) is 1. The summed E-state index contributed by atoms with van der Waals surface area (Å²) >= 11 is 0. The number of amides is 1. The Morgan fingerprint density at radius 2 is 1.56 bits per heavy atom. The van der Waals surface area contributed by atoms with Gasteiger partial charge in [0.15, 0.2) is 0 Å². The standard InChI is InChI=1S/C16H25NO/c1-10(2)13-7-8-17-16(18)15(12(5)6)14(9-13)11(3)4/h7-12H,1-6H3,(H,17,18). The van der Waals surface area contributed by atoms with E-state index in [0.29, 0.717) is 11.8 Å². The summed E-state index contributed by atoms with van der Waals surface area (Å²) in [5, 5.41) is 2.87. The SMILES string of the molecule is CC(C)C1=C/C(C(C)C)=C(/C(C)C)C(=O)N/C=C\1. The summed E-state index contributed by atoms with van der Waals surface area (Å²) in [7, 11) is 0. The lowest BCUT2D eigenvalue weighted by Gasteiger charge is -2.21. The van der Waals surface area contributed by atoms with Crippen LogP contribution in [0.2, 0.25) is 0 Å². The molecule has 0 radical (unpaired) electrons. The Balaban J connectivity index is 3.42. The zero-order valence-corrected chi connectivity index (χ0v) is 12.4. The summed E-state index contributed by atoms with van der Waals surface area (Å²) < 4.78 is 0. The summed E-state index contributed by atoms with van der Waals surface area (Å²) in [6, 6.07) is 0. The minimum Gasteiger partial charge on any atom is -0.329 e. The predicted molar refractivity (Wildman–Crippen MR) is 76.9 cm³/mol. The van der Waals surface area contributed by atoms with Gasteiger partial charge in [-0.15, -0.1) is 0 Å². The fourth-order valence-corrected chi connectivity index (χ4v) is 2.16. The van der Waals surface area contributed by atoms with Crippen LogP contribution < -0.4 is 5.32 Å². The first-order valence-corrected chi connectivity index (χ1v) is 6.77. The molecule has 1 rings (SSSR count). The zero-order chi connectivity index (χ0) is 13.9. The third kappa shape index (κ3) is 3.34. The minimum absolute atomic E-state index is 0.0315. The average Bonchev–Trinajstić information content (AvgIpc) is 2.21. The van der Waals surface area contributed by atoms with E-state index in [1.54, 1.807) is 6.20 Å². The zero-order valence-electron chi connectivity index (χ0n) is 12.4. The third-order valence-electron chi connectivity index (χ3n) is 3.23. The van der Waals surface area contributed by atoms with E-state index < -0.39 is 0 Å². The van der Waals surface area contributed by atoms with Gasteiger partial charge in [-0.2, -0.15) is 0 Å². The minimum atomic E-state index is 0.0315. The highest BCUT2D eigenvalue weighted by Crippen LogP contribution is 2.27. The number of hydrogen-bond acceptors (Lipinski definition) is 1. The van der Waals surface area contributed by atoms with Crippen LogP contribution in [-0.2, 0) is 4.79 Å². The van der Waals surface area contributed by atoms with E-state index in [1.165, 1.54) is 5.57 Å². The van der Waals surface area contributed by atoms with Crippen LogP contribution in [0.3, 0.4) is 0 Å². The Morgan fingerprint density at radius 1 is 0.944 bits per heavy atom. The van der Waals surface area contributed by atoms with Gasteiger partial charge in [-0.3, -0.25) is 4.79 Å². The van der Waals surface area contributed by atoms with Crippen LogP contribution in [0.5, 0.6) is 0 Å². The Morgan fingerprint density at radius 3 is 2.00 bits per heavy atom. The lowest BCUT2D eigenvalue weighted by molar-refractivity contribution is -0.117. The van der Waals surface area contributed by atoms with Crippen molar-refractivity contribution in [1.82, 2.24) is 5.32 Å². The van der Waals surface area contributed by atoms with Gasteiger partial charge in [0, 0.05) is 11.8 Å². The van der Waals surface area contributed by atoms with Gasteiger partial charge in [0.05, 0.1) is 0 Å². The number of carbonyl (C=O) groups excluding carboxylic acids is 1. The van der Waals surface area contributed by atoms with Crippen LogP contribution in [0, 0.1) is 17.8 Å². The molecule has 0 atom stereocenters. The molecule has 0 spiro atoms. The maximum atomic E-state index is 12.2. The second-order valence-corrected chi connectivity index (χ2v) is 5.78. The van der Waals surface area contributed by atoms with Gasteiger partial charge in [0.2, 0.25) is 0 Å². The summed E-state index contributed by atoms with van der Waals surface area (Å²) in [5.74, 6) is 1.08. The molecule has 100 valence electrons. The molecule has 0 bridgehead atoms. The van der Waals surface area contributed by atoms with Gasteiger partial charge < -0.3 is 5.32 Å². The largest absolute Gasteiger partial charge is 0.329 e. The highest BCUT2D eigenvalue weighted by atomic mass is 16.1. The quantitative estimate of drug-likeness (QED) is 0.807. The van der Waals surface area contributed by atoms with Crippen molar-refractivity contribution in [3.63, 3.8) is 0 Å². The second kappa shape index (κ2) is 6.03. The molecule has 0 saturated carbocycles. The van der Waals surface area contributed by atoms with E-state index in [9.17, 15) is 4.79 Å². The monoisotopic (exact) mass is 247 g/mol. The molecule has 1 aliphatic rings. The van der Waals surface area contributed by atoms with Crippen LogP contribution in [0.25, 0.3) is 0 Å². The van der Waals surface area contributed by atoms with Crippen LogP contribution in [0.4, 0.5) is 0 Å². The number of carbonyl (C=O) groups is 1. The lowest BCUT2D eigenvalue weighted by atomic mass is 9.86. The van der Waals surface area contributed by atoms with E-state index in [2.05, 4.69) is 52.9 Å². The van der Waals surface area contributed by atoms with Crippen molar-refractivity contribution in [1.29, 1.82) is 0 Å². The molecule has 0 fully saturated rings. The first-order valence-electron chi connectivity index (χ1n) is 6.77. The second-order valence-electron chi connectivity index (χ2n) is 5.78. The third-order valence-corrected chi connectivity index (χ3v) is 3.23. The Labute approximate surface area is 111 Å². The molecule has 1 heterocycles. The Hall–Kier alpha value is -1.31. The molecule has 0 unspecified atom stereocenters. The van der Waals surface area contributed by atoms with Crippen molar-refractivity contribution in [2.24, 2.45) is 17.8 Å². The van der Waals surface area contributed by atoms with E-state index >= 15 is 0 Å². The topological polar surface area (TPSA) is 29.1 Å². The van der Waals surface area contributed by atoms with E-state index in [0.717, 1.165) is 11.1 Å². The fourth-order valence-electron chi connectivity index (χ4n) is 2.16. The summed E-state index contributed by atoms with van der Waals surface area (Å²) in [5.41, 5.74) is 3.33. The van der Waals surface area contributed by atoms with E-state index in [-0.39, 0.29) is 11.8 Å². The Kier molecular flexibility index (Phi) is 4.94. The predicted octanol–water partition coefficient (Wildman–Crippen LogP) is 3.82. The molecule has 1 N–H and O–H groups in total. The molecule has 2 nitrogen and oxygen atoms in total. The van der Waals surface area contributed by atoms with Crippen LogP contribution in [0.15, 0.2) is 35.1 Å². The highest BCUT2D eigenvalue weighted by Gasteiger charge is 2.20. The van der Waals surface area contributed by atoms with Gasteiger partial charge in [-0.25, -0.2) is 0 Å². The van der Waals surface area contributed by atoms with Crippen molar-refractivity contribution in [2.75, 3.05) is 0 Å². The van der Waals surface area contributed by atoms with Crippen molar-refractivity contribution in [3.8, 4) is 0 Å². The van der Waals surface area contributed by atoms with Crippen LogP contribution in [0.1, 0.15) is 41.5 Å². The van der Waals surface area contributed by atoms with Gasteiger partial charge in [-0.05, 0) is 35.0 Å². The molecule has 1 aliphatic heterocycles. The number of allylic oxidation sites excluding steroid dienone is 4. The number of hydrogen-bond donors (Lipinski definition) is 1. The normalized spacial score (nSPS) is 25.8. The average molecular weight is 247 g/mol. The number of rotatable bonds is 3. The summed E-state index contributed by atoms with van der Waals surface area (Å²) in [4.78, 5) is 12.2. The summed E-state index contributed by atoms with van der Waals surface area (Å²) in [6.07, 6.45) is 5.95. The van der Waals surface area contributed by atoms with Crippen LogP contribution in [-0.4, -0.2) is 5.91 Å². The molecule has 0 saturated heterocycles. The van der Waals surface area contributed by atoms with Crippen molar-refractivity contribution in [3.05, 3.63) is 35.1 Å². The van der Waals surface area contributed by atoms with Gasteiger partial charge >= 0.3 is 0 Å². The molecule has 2 heteroatoms. The fraction of sp³-hybridized carbons (Fsp3) is 0.562. The molecule has 18 heavy (non-hydrogen) atoms. The van der Waals surface area contributed by atoms with Gasteiger partial charge in [0.1, 0.15) is 0 Å². The molecule has 1 amide bonds. The molecular weight excluding hydrogens is 222 g/mol. The van der Waals surface area contributed by atoms with Crippen molar-refractivity contribution in [2.45, 2.75) is 41.5 Å². The maximum Gasteiger partial charge on any atom is 0.251 e. The Bertz CT molecular complexity index is 409.